The van der Waals surface area contributed by atoms with E-state index in [2.05, 4.69) is 34.8 Å². The molecular weight excluding hydrogens is 380 g/mol. The van der Waals surface area contributed by atoms with Gasteiger partial charge in [-0.05, 0) is 41.5 Å². The summed E-state index contributed by atoms with van der Waals surface area (Å²) in [6.07, 6.45) is 0. The first kappa shape index (κ1) is 21.5. The van der Waals surface area contributed by atoms with Gasteiger partial charge in [0, 0.05) is 24.2 Å². The predicted octanol–water partition coefficient (Wildman–Crippen LogP) is 2.59. The fourth-order valence-corrected chi connectivity index (χ4v) is 3.59. The monoisotopic (exact) mass is 404 g/mol. The number of amides is 2. The summed E-state index contributed by atoms with van der Waals surface area (Å²) in [4.78, 5) is 36.8. The van der Waals surface area contributed by atoms with E-state index in [9.17, 15) is 19.7 Å². The van der Waals surface area contributed by atoms with Gasteiger partial charge in [-0.3, -0.25) is 24.6 Å². The van der Waals surface area contributed by atoms with Crippen LogP contribution < -0.4 is 10.6 Å². The summed E-state index contributed by atoms with van der Waals surface area (Å²) >= 11 is 1.61. The number of nitro benzene ring substituents is 1. The summed E-state index contributed by atoms with van der Waals surface area (Å²) < 4.78 is 0. The van der Waals surface area contributed by atoms with Gasteiger partial charge in [-0.2, -0.15) is 11.3 Å². The minimum Gasteiger partial charge on any atom is -0.353 e. The highest BCUT2D eigenvalue weighted by Gasteiger charge is 2.19. The number of rotatable bonds is 10. The quantitative estimate of drug-likeness (QED) is 0.468. The van der Waals surface area contributed by atoms with Crippen molar-refractivity contribution in [1.29, 1.82) is 0 Å². The van der Waals surface area contributed by atoms with Crippen LogP contribution in [0.3, 0.4) is 0 Å². The third kappa shape index (κ3) is 5.86. The molecule has 1 heterocycles. The zero-order valence-corrected chi connectivity index (χ0v) is 16.7. The van der Waals surface area contributed by atoms with Gasteiger partial charge in [0.1, 0.15) is 0 Å². The number of hydrogen-bond donors (Lipinski definition) is 2. The molecule has 0 saturated heterocycles. The molecule has 1 atom stereocenters. The Bertz CT molecular complexity index is 806. The van der Waals surface area contributed by atoms with Crippen LogP contribution in [0.25, 0.3) is 0 Å². The zero-order chi connectivity index (χ0) is 20.5. The molecule has 2 rings (SSSR count). The molecule has 1 aromatic heterocycles. The van der Waals surface area contributed by atoms with E-state index >= 15 is 0 Å². The Morgan fingerprint density at radius 1 is 1.21 bits per heavy atom. The van der Waals surface area contributed by atoms with Crippen LogP contribution >= 0.6 is 11.3 Å². The molecule has 0 bridgehead atoms. The van der Waals surface area contributed by atoms with Crippen LogP contribution in [0.4, 0.5) is 5.69 Å². The highest BCUT2D eigenvalue weighted by molar-refractivity contribution is 7.07. The summed E-state index contributed by atoms with van der Waals surface area (Å²) in [6, 6.07) is 7.50. The number of carbonyl (C=O) groups excluding carboxylic acids is 2. The first-order chi connectivity index (χ1) is 13.5. The van der Waals surface area contributed by atoms with Gasteiger partial charge in [0.15, 0.2) is 0 Å². The van der Waals surface area contributed by atoms with Gasteiger partial charge in [0.05, 0.1) is 17.5 Å². The van der Waals surface area contributed by atoms with Gasteiger partial charge < -0.3 is 10.6 Å². The molecule has 0 aliphatic carbocycles. The van der Waals surface area contributed by atoms with Crippen LogP contribution in [-0.2, 0) is 4.79 Å². The number of thiophene rings is 1. The Kier molecular flexibility index (Phi) is 8.09. The lowest BCUT2D eigenvalue weighted by Crippen LogP contribution is -2.42. The number of likely N-dealkylation sites (N-methyl/N-ethyl adjacent to an activating group) is 1. The number of nitro groups is 1. The largest absolute Gasteiger partial charge is 0.353 e. The molecular formula is C19H24N4O4S. The standard InChI is InChI=1S/C19H24N4O4S/c1-3-22(4-2)17(15-8-9-28-13-15)11-20-18(24)12-21-19(25)14-6-5-7-16(10-14)23(26)27/h5-10,13,17H,3-4,11-12H2,1-2H3,(H,20,24)(H,21,25). The molecule has 8 nitrogen and oxygen atoms in total. The second kappa shape index (κ2) is 10.5. The SMILES string of the molecule is CCN(CC)C(CNC(=O)CNC(=O)c1cccc([N+](=O)[O-])c1)c1ccsc1. The highest BCUT2D eigenvalue weighted by atomic mass is 32.1. The van der Waals surface area contributed by atoms with E-state index in [0.717, 1.165) is 18.7 Å². The summed E-state index contributed by atoms with van der Waals surface area (Å²) in [5.41, 5.74) is 1.12. The smallest absolute Gasteiger partial charge is 0.270 e. The van der Waals surface area contributed by atoms with Gasteiger partial charge >= 0.3 is 0 Å². The Morgan fingerprint density at radius 3 is 2.57 bits per heavy atom. The first-order valence-corrected chi connectivity index (χ1v) is 9.96. The highest BCUT2D eigenvalue weighted by Crippen LogP contribution is 2.22. The number of nitrogens with one attached hydrogen (secondary N) is 2. The predicted molar refractivity (Wildman–Crippen MR) is 108 cm³/mol. The van der Waals surface area contributed by atoms with E-state index in [0.29, 0.717) is 6.54 Å². The van der Waals surface area contributed by atoms with Gasteiger partial charge in [-0.1, -0.05) is 19.9 Å². The molecule has 150 valence electrons. The molecule has 0 radical (unpaired) electrons. The van der Waals surface area contributed by atoms with E-state index in [1.54, 1.807) is 11.3 Å². The average molecular weight is 404 g/mol. The van der Waals surface area contributed by atoms with Crippen molar-refractivity contribution >= 4 is 28.8 Å². The van der Waals surface area contributed by atoms with E-state index in [1.807, 2.05) is 11.4 Å². The average Bonchev–Trinajstić information content (AvgIpc) is 3.23. The zero-order valence-electron chi connectivity index (χ0n) is 15.9. The fourth-order valence-electron chi connectivity index (χ4n) is 2.88. The second-order valence-electron chi connectivity index (χ2n) is 6.09. The maximum absolute atomic E-state index is 12.2. The molecule has 0 fully saturated rings. The molecule has 1 aromatic carbocycles. The maximum Gasteiger partial charge on any atom is 0.270 e. The van der Waals surface area contributed by atoms with Crippen LogP contribution in [0.1, 0.15) is 35.8 Å². The maximum atomic E-state index is 12.2. The van der Waals surface area contributed by atoms with Gasteiger partial charge in [-0.25, -0.2) is 0 Å². The van der Waals surface area contributed by atoms with Gasteiger partial charge in [0.2, 0.25) is 5.91 Å². The molecule has 2 amide bonds. The third-order valence-electron chi connectivity index (χ3n) is 4.40. The third-order valence-corrected chi connectivity index (χ3v) is 5.10. The van der Waals surface area contributed by atoms with Gasteiger partial charge in [0.25, 0.3) is 11.6 Å². The molecule has 9 heteroatoms. The van der Waals surface area contributed by atoms with Crippen molar-refractivity contribution in [1.82, 2.24) is 15.5 Å². The minimum absolute atomic E-state index is 0.0673. The van der Waals surface area contributed by atoms with Crippen molar-refractivity contribution in [3.8, 4) is 0 Å². The van der Waals surface area contributed by atoms with Crippen LogP contribution in [0.15, 0.2) is 41.1 Å². The summed E-state index contributed by atoms with van der Waals surface area (Å²) in [6.45, 7) is 6.10. The molecule has 1 unspecified atom stereocenters. The van der Waals surface area contributed by atoms with E-state index < -0.39 is 10.8 Å². The number of benzene rings is 1. The molecule has 2 N–H and O–H groups in total. The lowest BCUT2D eigenvalue weighted by molar-refractivity contribution is -0.384. The molecule has 0 saturated carbocycles. The first-order valence-electron chi connectivity index (χ1n) is 9.01. The van der Waals surface area contributed by atoms with Crippen molar-refractivity contribution in [2.75, 3.05) is 26.2 Å². The van der Waals surface area contributed by atoms with Crippen molar-refractivity contribution in [2.45, 2.75) is 19.9 Å². The van der Waals surface area contributed by atoms with Crippen molar-refractivity contribution in [3.05, 3.63) is 62.3 Å². The Hall–Kier alpha value is -2.78. The lowest BCUT2D eigenvalue weighted by Gasteiger charge is -2.29. The normalized spacial score (nSPS) is 11.8. The molecule has 0 spiro atoms. The molecule has 2 aromatic rings. The minimum atomic E-state index is -0.568. The molecule has 0 aliphatic heterocycles. The van der Waals surface area contributed by atoms with Gasteiger partial charge in [-0.15, -0.1) is 0 Å². The summed E-state index contributed by atoms with van der Waals surface area (Å²) in [5.74, 6) is -0.844. The van der Waals surface area contributed by atoms with E-state index in [1.165, 1.54) is 24.3 Å². The topological polar surface area (TPSA) is 105 Å². The fraction of sp³-hybridized carbons (Fsp3) is 0.368. The van der Waals surface area contributed by atoms with Crippen molar-refractivity contribution in [3.63, 3.8) is 0 Å². The van der Waals surface area contributed by atoms with Crippen LogP contribution in [0, 0.1) is 10.1 Å². The lowest BCUT2D eigenvalue weighted by atomic mass is 10.1. The van der Waals surface area contributed by atoms with E-state index in [4.69, 9.17) is 0 Å². The molecule has 28 heavy (non-hydrogen) atoms. The Balaban J connectivity index is 1.90. The Labute approximate surface area is 167 Å². The number of non-ortho nitro benzene ring substituents is 1. The Morgan fingerprint density at radius 2 is 1.96 bits per heavy atom. The van der Waals surface area contributed by atoms with E-state index in [-0.39, 0.29) is 29.7 Å². The number of hydrogen-bond acceptors (Lipinski definition) is 6. The van der Waals surface area contributed by atoms with Crippen LogP contribution in [0.2, 0.25) is 0 Å². The number of nitrogens with zero attached hydrogens (tertiary/aromatic N) is 2. The van der Waals surface area contributed by atoms with Crippen LogP contribution in [0.5, 0.6) is 0 Å². The summed E-state index contributed by atoms with van der Waals surface area (Å²) in [5, 5.41) is 20.2. The van der Waals surface area contributed by atoms with Crippen LogP contribution in [-0.4, -0.2) is 47.8 Å². The number of carbonyl (C=O) groups is 2. The molecule has 0 aliphatic rings. The van der Waals surface area contributed by atoms with Crippen molar-refractivity contribution < 1.29 is 14.5 Å². The summed E-state index contributed by atoms with van der Waals surface area (Å²) in [7, 11) is 0. The van der Waals surface area contributed by atoms with Crippen molar-refractivity contribution in [2.24, 2.45) is 0 Å². The second-order valence-corrected chi connectivity index (χ2v) is 6.87.